The van der Waals surface area contributed by atoms with Gasteiger partial charge in [0, 0.05) is 5.56 Å². The molecule has 6 heteroatoms. The Balaban J connectivity index is 2.63. The van der Waals surface area contributed by atoms with Gasteiger partial charge >= 0.3 is 5.97 Å². The van der Waals surface area contributed by atoms with Crippen LogP contribution in [0.2, 0.25) is 0 Å². The zero-order chi connectivity index (χ0) is 14.0. The van der Waals surface area contributed by atoms with Crippen molar-refractivity contribution in [1.82, 2.24) is 19.8 Å². The highest BCUT2D eigenvalue weighted by atomic mass is 16.4. The molecule has 0 radical (unpaired) electrons. The fourth-order valence-electron chi connectivity index (χ4n) is 1.76. The third-order valence-electron chi connectivity index (χ3n) is 2.82. The summed E-state index contributed by atoms with van der Waals surface area (Å²) >= 11 is 0. The summed E-state index contributed by atoms with van der Waals surface area (Å²) in [7, 11) is 0. The van der Waals surface area contributed by atoms with E-state index in [9.17, 15) is 4.79 Å². The molecule has 2 rings (SSSR count). The Kier molecular flexibility index (Phi) is 3.41. The number of aryl methyl sites for hydroxylation is 1. The van der Waals surface area contributed by atoms with Crippen molar-refractivity contribution < 1.29 is 9.90 Å². The van der Waals surface area contributed by atoms with Gasteiger partial charge in [-0.05, 0) is 26.3 Å². The van der Waals surface area contributed by atoms with Crippen molar-refractivity contribution in [3.63, 3.8) is 0 Å². The van der Waals surface area contributed by atoms with Gasteiger partial charge in [-0.1, -0.05) is 18.2 Å². The number of aromatic nitrogens is 4. The summed E-state index contributed by atoms with van der Waals surface area (Å²) in [5.41, 5.74) is 2.76. The van der Waals surface area contributed by atoms with Crippen LogP contribution in [0.5, 0.6) is 0 Å². The van der Waals surface area contributed by atoms with Gasteiger partial charge in [-0.15, -0.1) is 10.2 Å². The van der Waals surface area contributed by atoms with Crippen LogP contribution in [0.3, 0.4) is 0 Å². The number of nitrogens with zero attached hydrogens (tertiary/aromatic N) is 4. The first-order chi connectivity index (χ1) is 9.06. The Hall–Kier alpha value is -2.50. The predicted octanol–water partition coefficient (Wildman–Crippen LogP) is 2.11. The van der Waals surface area contributed by atoms with Crippen LogP contribution >= 0.6 is 0 Å². The normalized spacial score (nSPS) is 12.5. The SMILES string of the molecule is CC=CC=C(C)c1cnn2c(C)c(C(=O)O)nnc12. The lowest BCUT2D eigenvalue weighted by Crippen LogP contribution is -2.10. The molecule has 0 atom stereocenters. The second-order valence-corrected chi connectivity index (χ2v) is 4.11. The zero-order valence-electron chi connectivity index (χ0n) is 11.0. The molecule has 19 heavy (non-hydrogen) atoms. The Morgan fingerprint density at radius 2 is 2.16 bits per heavy atom. The Morgan fingerprint density at radius 1 is 1.42 bits per heavy atom. The predicted molar refractivity (Wildman–Crippen MR) is 70.9 cm³/mol. The number of hydrogen-bond donors (Lipinski definition) is 1. The molecule has 0 aliphatic rings. The van der Waals surface area contributed by atoms with E-state index in [1.807, 2.05) is 32.1 Å². The minimum absolute atomic E-state index is 0.0859. The number of carboxylic acid groups (broad SMARTS) is 1. The fraction of sp³-hybridized carbons (Fsp3) is 0.231. The average molecular weight is 258 g/mol. The summed E-state index contributed by atoms with van der Waals surface area (Å²) in [6.07, 6.45) is 7.45. The number of aromatic carboxylic acids is 1. The van der Waals surface area contributed by atoms with Gasteiger partial charge in [0.05, 0.1) is 11.9 Å². The molecule has 0 bridgehead atoms. The Labute approximate surface area is 110 Å². The summed E-state index contributed by atoms with van der Waals surface area (Å²) < 4.78 is 1.50. The minimum Gasteiger partial charge on any atom is -0.476 e. The maximum Gasteiger partial charge on any atom is 0.358 e. The van der Waals surface area contributed by atoms with Gasteiger partial charge in [0.2, 0.25) is 0 Å². The summed E-state index contributed by atoms with van der Waals surface area (Å²) in [5.74, 6) is -1.11. The topological polar surface area (TPSA) is 80.4 Å². The quantitative estimate of drug-likeness (QED) is 0.853. The van der Waals surface area contributed by atoms with E-state index in [1.165, 1.54) is 4.52 Å². The molecule has 6 nitrogen and oxygen atoms in total. The van der Waals surface area contributed by atoms with E-state index in [2.05, 4.69) is 15.3 Å². The molecule has 2 aromatic rings. The van der Waals surface area contributed by atoms with Gasteiger partial charge in [-0.2, -0.15) is 5.10 Å². The minimum atomic E-state index is -1.11. The lowest BCUT2D eigenvalue weighted by atomic mass is 10.1. The van der Waals surface area contributed by atoms with E-state index in [0.717, 1.165) is 11.1 Å². The van der Waals surface area contributed by atoms with Crippen molar-refractivity contribution >= 4 is 17.2 Å². The molecule has 2 aromatic heterocycles. The molecule has 0 spiro atoms. The summed E-state index contributed by atoms with van der Waals surface area (Å²) in [6.45, 7) is 5.54. The Bertz CT molecular complexity index is 698. The lowest BCUT2D eigenvalue weighted by Gasteiger charge is -2.02. The number of hydrogen-bond acceptors (Lipinski definition) is 4. The number of fused-ring (bicyclic) bond motifs is 1. The molecular weight excluding hydrogens is 244 g/mol. The third kappa shape index (κ3) is 2.24. The molecule has 2 heterocycles. The highest BCUT2D eigenvalue weighted by Gasteiger charge is 2.16. The summed E-state index contributed by atoms with van der Waals surface area (Å²) in [4.78, 5) is 11.0. The fourth-order valence-corrected chi connectivity index (χ4v) is 1.76. The van der Waals surface area contributed by atoms with E-state index in [1.54, 1.807) is 13.1 Å². The Morgan fingerprint density at radius 3 is 2.79 bits per heavy atom. The van der Waals surface area contributed by atoms with Gasteiger partial charge in [0.25, 0.3) is 0 Å². The van der Waals surface area contributed by atoms with Gasteiger partial charge in [-0.25, -0.2) is 9.31 Å². The second kappa shape index (κ2) is 5.01. The van der Waals surface area contributed by atoms with Crippen LogP contribution in [-0.4, -0.2) is 30.9 Å². The molecule has 0 aliphatic heterocycles. The number of rotatable bonds is 3. The first kappa shape index (κ1) is 12.9. The zero-order valence-corrected chi connectivity index (χ0v) is 11.0. The highest BCUT2D eigenvalue weighted by Crippen LogP contribution is 2.19. The summed E-state index contributed by atoms with van der Waals surface area (Å²) in [6, 6.07) is 0. The third-order valence-corrected chi connectivity index (χ3v) is 2.82. The van der Waals surface area contributed by atoms with Crippen LogP contribution < -0.4 is 0 Å². The molecule has 0 amide bonds. The number of carboxylic acids is 1. The first-order valence-electron chi connectivity index (χ1n) is 5.80. The number of allylic oxidation sites excluding steroid dienone is 4. The van der Waals surface area contributed by atoms with E-state index in [4.69, 9.17) is 5.11 Å². The van der Waals surface area contributed by atoms with Gasteiger partial charge in [0.1, 0.15) is 0 Å². The maximum atomic E-state index is 11.0. The molecule has 1 N–H and O–H groups in total. The van der Waals surface area contributed by atoms with E-state index in [0.29, 0.717) is 11.3 Å². The van der Waals surface area contributed by atoms with Crippen LogP contribution in [0.25, 0.3) is 11.2 Å². The van der Waals surface area contributed by atoms with Crippen LogP contribution in [0, 0.1) is 6.92 Å². The van der Waals surface area contributed by atoms with E-state index >= 15 is 0 Å². The van der Waals surface area contributed by atoms with Crippen molar-refractivity contribution in [1.29, 1.82) is 0 Å². The van der Waals surface area contributed by atoms with Gasteiger partial charge < -0.3 is 5.11 Å². The molecule has 0 saturated carbocycles. The van der Waals surface area contributed by atoms with Crippen LogP contribution in [-0.2, 0) is 0 Å². The second-order valence-electron chi connectivity index (χ2n) is 4.11. The van der Waals surface area contributed by atoms with Crippen molar-refractivity contribution in [2.75, 3.05) is 0 Å². The van der Waals surface area contributed by atoms with Crippen molar-refractivity contribution in [3.8, 4) is 0 Å². The molecule has 0 fully saturated rings. The smallest absolute Gasteiger partial charge is 0.358 e. The molecule has 98 valence electrons. The van der Waals surface area contributed by atoms with Crippen LogP contribution in [0.4, 0.5) is 0 Å². The van der Waals surface area contributed by atoms with Crippen molar-refractivity contribution in [2.45, 2.75) is 20.8 Å². The van der Waals surface area contributed by atoms with Gasteiger partial charge in [-0.3, -0.25) is 0 Å². The first-order valence-corrected chi connectivity index (χ1v) is 5.80. The highest BCUT2D eigenvalue weighted by molar-refractivity contribution is 5.87. The standard InChI is InChI=1S/C13H14N4O2/c1-4-5-6-8(2)10-7-14-17-9(3)11(13(18)19)15-16-12(10)17/h4-7H,1-3H3,(H,18,19). The van der Waals surface area contributed by atoms with E-state index in [-0.39, 0.29) is 5.69 Å². The van der Waals surface area contributed by atoms with Crippen molar-refractivity contribution in [3.05, 3.63) is 41.4 Å². The largest absolute Gasteiger partial charge is 0.476 e. The van der Waals surface area contributed by atoms with E-state index < -0.39 is 5.97 Å². The average Bonchev–Trinajstić information content (AvgIpc) is 2.80. The molecule has 0 aliphatic carbocycles. The van der Waals surface area contributed by atoms with Crippen LogP contribution in [0.15, 0.2) is 24.4 Å². The molecule has 0 saturated heterocycles. The lowest BCUT2D eigenvalue weighted by molar-refractivity contribution is 0.0687. The van der Waals surface area contributed by atoms with Crippen molar-refractivity contribution in [2.24, 2.45) is 0 Å². The molecular formula is C13H14N4O2. The monoisotopic (exact) mass is 258 g/mol. The van der Waals surface area contributed by atoms with Gasteiger partial charge in [0.15, 0.2) is 11.3 Å². The number of carbonyl (C=O) groups is 1. The summed E-state index contributed by atoms with van der Waals surface area (Å²) in [5, 5.41) is 20.9. The van der Waals surface area contributed by atoms with Crippen LogP contribution in [0.1, 0.15) is 35.6 Å². The molecule has 0 unspecified atom stereocenters. The molecule has 0 aromatic carbocycles. The maximum absolute atomic E-state index is 11.0.